The van der Waals surface area contributed by atoms with Crippen molar-refractivity contribution in [2.24, 2.45) is 0 Å². The van der Waals surface area contributed by atoms with Crippen molar-refractivity contribution in [2.45, 2.75) is 25.9 Å². The van der Waals surface area contributed by atoms with Crippen molar-refractivity contribution >= 4 is 5.91 Å². The number of nitrogens with zero attached hydrogens (tertiary/aromatic N) is 1. The molecule has 0 saturated carbocycles. The van der Waals surface area contributed by atoms with Crippen LogP contribution in [-0.4, -0.2) is 23.7 Å². The monoisotopic (exact) mass is 328 g/mol. The minimum absolute atomic E-state index is 0.00539. The van der Waals surface area contributed by atoms with Gasteiger partial charge in [0.1, 0.15) is 6.54 Å². The van der Waals surface area contributed by atoms with E-state index in [0.29, 0.717) is 19.0 Å². The van der Waals surface area contributed by atoms with Crippen LogP contribution in [0.15, 0.2) is 47.4 Å². The third-order valence-corrected chi connectivity index (χ3v) is 3.86. The summed E-state index contributed by atoms with van der Waals surface area (Å²) in [6.07, 6.45) is 2.45. The van der Waals surface area contributed by atoms with E-state index < -0.39 is 0 Å². The Hall–Kier alpha value is -2.76. The van der Waals surface area contributed by atoms with Gasteiger partial charge in [-0.3, -0.25) is 9.59 Å². The molecule has 0 bridgehead atoms. The molecule has 126 valence electrons. The lowest BCUT2D eigenvalue weighted by Crippen LogP contribution is -2.33. The van der Waals surface area contributed by atoms with Gasteiger partial charge in [-0.05, 0) is 30.7 Å². The molecule has 1 amide bonds. The third-order valence-electron chi connectivity index (χ3n) is 3.86. The molecular formula is C18H20N2O4. The molecule has 0 fully saturated rings. The maximum atomic E-state index is 12.2. The lowest BCUT2D eigenvalue weighted by Gasteiger charge is -2.17. The Labute approximate surface area is 140 Å². The Morgan fingerprint density at radius 2 is 2.00 bits per heavy atom. The second-order valence-corrected chi connectivity index (χ2v) is 5.71. The van der Waals surface area contributed by atoms with Gasteiger partial charge in [0.25, 0.3) is 5.56 Å². The summed E-state index contributed by atoms with van der Waals surface area (Å²) in [6.45, 7) is 3.15. The summed E-state index contributed by atoms with van der Waals surface area (Å²) in [7, 11) is 0. The third kappa shape index (κ3) is 3.76. The standard InChI is InChI=1S/C18H20N2O4/c1-13(19-17(21)12-20-8-3-2-5-18(20)22)14-6-7-15-16(11-14)24-10-4-9-23-15/h2-3,5-8,11,13H,4,9-10,12H2,1H3,(H,19,21). The fourth-order valence-electron chi connectivity index (χ4n) is 2.57. The Balaban J connectivity index is 1.67. The van der Waals surface area contributed by atoms with Gasteiger partial charge in [0.15, 0.2) is 11.5 Å². The van der Waals surface area contributed by atoms with Crippen LogP contribution in [0, 0.1) is 0 Å². The molecule has 6 heteroatoms. The fraction of sp³-hybridized carbons (Fsp3) is 0.333. The van der Waals surface area contributed by atoms with Crippen molar-refractivity contribution in [1.29, 1.82) is 0 Å². The van der Waals surface area contributed by atoms with Crippen LogP contribution >= 0.6 is 0 Å². The molecule has 1 N–H and O–H groups in total. The van der Waals surface area contributed by atoms with Crippen LogP contribution in [0.5, 0.6) is 11.5 Å². The number of aromatic nitrogens is 1. The molecule has 1 aromatic carbocycles. The SMILES string of the molecule is CC(NC(=O)Cn1ccccc1=O)c1ccc2c(c1)OCCCO2. The highest BCUT2D eigenvalue weighted by Gasteiger charge is 2.15. The quantitative estimate of drug-likeness (QED) is 0.930. The molecule has 24 heavy (non-hydrogen) atoms. The molecule has 3 rings (SSSR count). The van der Waals surface area contributed by atoms with Gasteiger partial charge in [0.2, 0.25) is 5.91 Å². The van der Waals surface area contributed by atoms with E-state index in [1.807, 2.05) is 25.1 Å². The lowest BCUT2D eigenvalue weighted by atomic mass is 10.1. The van der Waals surface area contributed by atoms with Gasteiger partial charge >= 0.3 is 0 Å². The number of ether oxygens (including phenoxy) is 2. The smallest absolute Gasteiger partial charge is 0.250 e. The molecular weight excluding hydrogens is 308 g/mol. The zero-order valence-electron chi connectivity index (χ0n) is 13.5. The van der Waals surface area contributed by atoms with Gasteiger partial charge in [0.05, 0.1) is 19.3 Å². The summed E-state index contributed by atoms with van der Waals surface area (Å²) in [5.41, 5.74) is 0.726. The molecule has 0 spiro atoms. The molecule has 6 nitrogen and oxygen atoms in total. The van der Waals surface area contributed by atoms with Crippen molar-refractivity contribution in [2.75, 3.05) is 13.2 Å². The van der Waals surface area contributed by atoms with E-state index in [4.69, 9.17) is 9.47 Å². The van der Waals surface area contributed by atoms with E-state index in [9.17, 15) is 9.59 Å². The number of fused-ring (bicyclic) bond motifs is 1. The van der Waals surface area contributed by atoms with Crippen molar-refractivity contribution in [3.8, 4) is 11.5 Å². The maximum Gasteiger partial charge on any atom is 0.250 e. The minimum atomic E-state index is -0.220. The first-order valence-electron chi connectivity index (χ1n) is 7.98. The maximum absolute atomic E-state index is 12.2. The van der Waals surface area contributed by atoms with E-state index in [1.165, 1.54) is 10.6 Å². The topological polar surface area (TPSA) is 69.6 Å². The number of carbonyl (C=O) groups is 1. The molecule has 1 aromatic heterocycles. The van der Waals surface area contributed by atoms with Crippen molar-refractivity contribution < 1.29 is 14.3 Å². The number of hydrogen-bond donors (Lipinski definition) is 1. The minimum Gasteiger partial charge on any atom is -0.490 e. The zero-order chi connectivity index (χ0) is 16.9. The summed E-state index contributed by atoms with van der Waals surface area (Å²) in [5, 5.41) is 2.90. The fourth-order valence-corrected chi connectivity index (χ4v) is 2.57. The van der Waals surface area contributed by atoms with E-state index in [0.717, 1.165) is 17.7 Å². The van der Waals surface area contributed by atoms with Crippen LogP contribution in [0.4, 0.5) is 0 Å². The predicted octanol–water partition coefficient (Wildman–Crippen LogP) is 1.89. The molecule has 1 atom stereocenters. The molecule has 1 aliphatic heterocycles. The zero-order valence-corrected chi connectivity index (χ0v) is 13.5. The van der Waals surface area contributed by atoms with Gasteiger partial charge in [-0.2, -0.15) is 0 Å². The number of amides is 1. The van der Waals surface area contributed by atoms with Crippen LogP contribution in [0.2, 0.25) is 0 Å². The van der Waals surface area contributed by atoms with Crippen molar-refractivity contribution in [1.82, 2.24) is 9.88 Å². The van der Waals surface area contributed by atoms with Crippen LogP contribution in [0.3, 0.4) is 0 Å². The normalized spacial score (nSPS) is 14.5. The Morgan fingerprint density at radius 3 is 2.79 bits per heavy atom. The van der Waals surface area contributed by atoms with Crippen LogP contribution in [0.1, 0.15) is 24.9 Å². The van der Waals surface area contributed by atoms with Crippen molar-refractivity contribution in [3.63, 3.8) is 0 Å². The van der Waals surface area contributed by atoms with Gasteiger partial charge in [-0.15, -0.1) is 0 Å². The number of nitrogens with one attached hydrogen (secondary N) is 1. The molecule has 0 saturated heterocycles. The molecule has 0 aliphatic carbocycles. The lowest BCUT2D eigenvalue weighted by molar-refractivity contribution is -0.122. The number of hydrogen-bond acceptors (Lipinski definition) is 4. The Morgan fingerprint density at radius 1 is 1.21 bits per heavy atom. The summed E-state index contributed by atoms with van der Waals surface area (Å²) in [4.78, 5) is 23.8. The van der Waals surface area contributed by atoms with Gasteiger partial charge in [-0.25, -0.2) is 0 Å². The summed E-state index contributed by atoms with van der Waals surface area (Å²) in [5.74, 6) is 1.21. The summed E-state index contributed by atoms with van der Waals surface area (Å²) >= 11 is 0. The molecule has 1 unspecified atom stereocenters. The van der Waals surface area contributed by atoms with E-state index in [2.05, 4.69) is 5.32 Å². The first-order valence-corrected chi connectivity index (χ1v) is 7.98. The summed E-state index contributed by atoms with van der Waals surface area (Å²) in [6, 6.07) is 10.3. The molecule has 2 heterocycles. The Kier molecular flexibility index (Phi) is 4.84. The van der Waals surface area contributed by atoms with Gasteiger partial charge < -0.3 is 19.4 Å². The summed E-state index contributed by atoms with van der Waals surface area (Å²) < 4.78 is 12.6. The second-order valence-electron chi connectivity index (χ2n) is 5.71. The highest BCUT2D eigenvalue weighted by molar-refractivity contribution is 5.76. The highest BCUT2D eigenvalue weighted by Crippen LogP contribution is 2.32. The van der Waals surface area contributed by atoms with Crippen LogP contribution in [0.25, 0.3) is 0 Å². The first kappa shape index (κ1) is 16.1. The highest BCUT2D eigenvalue weighted by atomic mass is 16.5. The average Bonchev–Trinajstić information content (AvgIpc) is 2.81. The average molecular weight is 328 g/mol. The molecule has 1 aliphatic rings. The number of carbonyl (C=O) groups excluding carboxylic acids is 1. The van der Waals surface area contributed by atoms with Crippen molar-refractivity contribution in [3.05, 3.63) is 58.5 Å². The predicted molar refractivity (Wildman–Crippen MR) is 89.3 cm³/mol. The largest absolute Gasteiger partial charge is 0.490 e. The Bertz CT molecular complexity index is 785. The molecule has 2 aromatic rings. The number of rotatable bonds is 4. The second kappa shape index (κ2) is 7.21. The molecule has 0 radical (unpaired) electrons. The van der Waals surface area contributed by atoms with E-state index in [1.54, 1.807) is 18.3 Å². The van der Waals surface area contributed by atoms with Crippen LogP contribution in [-0.2, 0) is 11.3 Å². The first-order chi connectivity index (χ1) is 11.6. The van der Waals surface area contributed by atoms with E-state index >= 15 is 0 Å². The van der Waals surface area contributed by atoms with E-state index in [-0.39, 0.29) is 24.1 Å². The van der Waals surface area contributed by atoms with Gasteiger partial charge in [-0.1, -0.05) is 12.1 Å². The number of benzene rings is 1. The van der Waals surface area contributed by atoms with Crippen LogP contribution < -0.4 is 20.3 Å². The number of pyridine rings is 1. The van der Waals surface area contributed by atoms with Gasteiger partial charge in [0, 0.05) is 18.7 Å².